The fraction of sp³-hybridized carbons (Fsp3) is 0.500. The average molecular weight is 381 g/mol. The van der Waals surface area contributed by atoms with Crippen LogP contribution in [0, 0.1) is 0 Å². The van der Waals surface area contributed by atoms with Crippen molar-refractivity contribution in [1.82, 2.24) is 0 Å². The van der Waals surface area contributed by atoms with E-state index in [0.717, 1.165) is 22.5 Å². The molecule has 4 nitrogen and oxygen atoms in total. The number of benzene rings is 2. The highest BCUT2D eigenvalue weighted by Gasteiger charge is 2.12. The maximum absolute atomic E-state index is 8.59. The minimum Gasteiger partial charge on any atom is -0.398 e. The minimum atomic E-state index is 0.379. The zero-order chi connectivity index (χ0) is 21.4. The summed E-state index contributed by atoms with van der Waals surface area (Å²) in [5, 5.41) is 3.83. The van der Waals surface area contributed by atoms with Gasteiger partial charge in [-0.25, -0.2) is 0 Å². The molecule has 0 amide bonds. The van der Waals surface area contributed by atoms with E-state index in [1.165, 1.54) is 11.1 Å². The number of nitrogens with zero attached hydrogens (tertiary/aromatic N) is 3. The van der Waals surface area contributed by atoms with Crippen LogP contribution in [0.15, 0.2) is 41.5 Å². The van der Waals surface area contributed by atoms with Crippen LogP contribution in [0.2, 0.25) is 0 Å². The van der Waals surface area contributed by atoms with Gasteiger partial charge in [0, 0.05) is 16.3 Å². The molecule has 0 bridgehead atoms. The Balaban J connectivity index is 0.000000283. The van der Waals surface area contributed by atoms with Gasteiger partial charge in [-0.3, -0.25) is 0 Å². The Bertz CT molecular complexity index is 761. The van der Waals surface area contributed by atoms with Crippen LogP contribution in [-0.2, 0) is 0 Å². The van der Waals surface area contributed by atoms with Gasteiger partial charge < -0.3 is 5.73 Å². The van der Waals surface area contributed by atoms with Gasteiger partial charge in [0.1, 0.15) is 0 Å². The van der Waals surface area contributed by atoms with E-state index in [-0.39, 0.29) is 0 Å². The molecule has 0 radical (unpaired) electrons. The highest BCUT2D eigenvalue weighted by Crippen LogP contribution is 2.34. The Hall–Kier alpha value is -2.45. The highest BCUT2D eigenvalue weighted by molar-refractivity contribution is 5.56. The molecule has 4 heteroatoms. The highest BCUT2D eigenvalue weighted by atomic mass is 15.1. The van der Waals surface area contributed by atoms with Crippen LogP contribution >= 0.6 is 0 Å². The molecule has 0 saturated heterocycles. The molecule has 0 aliphatic rings. The summed E-state index contributed by atoms with van der Waals surface area (Å²) >= 11 is 0. The third-order valence-electron chi connectivity index (χ3n) is 4.90. The first-order valence-corrected chi connectivity index (χ1v) is 10.2. The van der Waals surface area contributed by atoms with Crippen molar-refractivity contribution in [3.05, 3.63) is 69.1 Å². The van der Waals surface area contributed by atoms with Crippen molar-refractivity contribution >= 4 is 11.4 Å². The summed E-state index contributed by atoms with van der Waals surface area (Å²) in [4.78, 5) is 2.92. The number of nitrogens with two attached hydrogens (primary N) is 1. The van der Waals surface area contributed by atoms with E-state index in [9.17, 15) is 0 Å². The first kappa shape index (κ1) is 23.6. The van der Waals surface area contributed by atoms with Crippen LogP contribution in [0.5, 0.6) is 0 Å². The molecule has 0 atom stereocenters. The molecule has 0 fully saturated rings. The van der Waals surface area contributed by atoms with Crippen molar-refractivity contribution in [3.8, 4) is 0 Å². The van der Waals surface area contributed by atoms with E-state index >= 15 is 0 Å². The van der Waals surface area contributed by atoms with Crippen LogP contribution in [0.25, 0.3) is 10.4 Å². The van der Waals surface area contributed by atoms with Crippen LogP contribution in [0.1, 0.15) is 101 Å². The van der Waals surface area contributed by atoms with Crippen molar-refractivity contribution in [1.29, 1.82) is 0 Å². The second kappa shape index (κ2) is 10.8. The lowest BCUT2D eigenvalue weighted by Gasteiger charge is -2.15. The third kappa shape index (κ3) is 6.03. The Morgan fingerprint density at radius 2 is 1.00 bits per heavy atom. The Morgan fingerprint density at radius 1 is 0.679 bits per heavy atom. The third-order valence-corrected chi connectivity index (χ3v) is 4.90. The lowest BCUT2D eigenvalue weighted by molar-refractivity contribution is 0.834. The number of nitrogen functional groups attached to an aromatic ring is 1. The van der Waals surface area contributed by atoms with Gasteiger partial charge in [-0.15, -0.1) is 0 Å². The van der Waals surface area contributed by atoms with Crippen molar-refractivity contribution in [2.24, 2.45) is 5.11 Å². The maximum Gasteiger partial charge on any atom is 0.0444 e. The minimum absolute atomic E-state index is 0.379. The van der Waals surface area contributed by atoms with Gasteiger partial charge in [-0.05, 0) is 51.5 Å². The molecule has 0 saturated carbocycles. The van der Waals surface area contributed by atoms with Crippen molar-refractivity contribution < 1.29 is 0 Å². The van der Waals surface area contributed by atoms with E-state index in [0.29, 0.717) is 23.7 Å². The fourth-order valence-corrected chi connectivity index (χ4v) is 3.28. The molecule has 152 valence electrons. The summed E-state index contributed by atoms with van der Waals surface area (Å²) in [7, 11) is 0. The normalized spacial score (nSPS) is 10.9. The molecule has 2 N–H and O–H groups in total. The molecule has 0 aromatic heterocycles. The second-order valence-electron chi connectivity index (χ2n) is 8.44. The summed E-state index contributed by atoms with van der Waals surface area (Å²) in [6.45, 7) is 17.1. The standard InChI is InChI=1S/C12H17N3.C12H19N/c1-8(2)10-6-5-7-11(9(3)4)12(10)14-15-13;1-8(2)10-6-5-7-11(9(3)4)12(10)13/h5-9H,1-4H3;5-9H,13H2,1-4H3. The molecule has 28 heavy (non-hydrogen) atoms. The number of para-hydroxylation sites is 1. The molecular weight excluding hydrogens is 344 g/mol. The van der Waals surface area contributed by atoms with Gasteiger partial charge in [-0.1, -0.05) is 96.9 Å². The summed E-state index contributed by atoms with van der Waals surface area (Å²) in [5.74, 6) is 1.78. The van der Waals surface area contributed by atoms with E-state index < -0.39 is 0 Å². The lowest BCUT2D eigenvalue weighted by atomic mass is 9.93. The van der Waals surface area contributed by atoms with Crippen LogP contribution in [-0.4, -0.2) is 0 Å². The zero-order valence-corrected chi connectivity index (χ0v) is 18.7. The van der Waals surface area contributed by atoms with Gasteiger partial charge >= 0.3 is 0 Å². The second-order valence-corrected chi connectivity index (χ2v) is 8.44. The number of rotatable bonds is 5. The van der Waals surface area contributed by atoms with Crippen LogP contribution < -0.4 is 5.73 Å². The molecule has 2 aromatic carbocycles. The lowest BCUT2D eigenvalue weighted by Crippen LogP contribution is -2.02. The first-order valence-electron chi connectivity index (χ1n) is 10.2. The summed E-state index contributed by atoms with van der Waals surface area (Å²) in [6, 6.07) is 12.4. The molecule has 0 aliphatic carbocycles. The molecular formula is C24H36N4. The van der Waals surface area contributed by atoms with Crippen molar-refractivity contribution in [3.63, 3.8) is 0 Å². The van der Waals surface area contributed by atoms with Gasteiger partial charge in [0.25, 0.3) is 0 Å². The maximum atomic E-state index is 8.59. The van der Waals surface area contributed by atoms with Crippen molar-refractivity contribution in [2.75, 3.05) is 5.73 Å². The predicted molar refractivity (Wildman–Crippen MR) is 122 cm³/mol. The summed E-state index contributed by atoms with van der Waals surface area (Å²) in [5.41, 5.74) is 21.3. The number of hydrogen-bond donors (Lipinski definition) is 1. The van der Waals surface area contributed by atoms with E-state index in [4.69, 9.17) is 11.3 Å². The number of hydrogen-bond acceptors (Lipinski definition) is 2. The Morgan fingerprint density at radius 3 is 1.29 bits per heavy atom. The SMILES string of the molecule is CC(C)c1cccc(C(C)C)c1N.CC(C)c1cccc(C(C)C)c1N=[N+]=[N-]. The zero-order valence-electron chi connectivity index (χ0n) is 18.7. The first-order chi connectivity index (χ1) is 13.1. The number of azide groups is 1. The molecule has 2 rings (SSSR count). The Kier molecular flexibility index (Phi) is 9.08. The molecule has 0 spiro atoms. The van der Waals surface area contributed by atoms with Gasteiger partial charge in [0.2, 0.25) is 0 Å². The smallest absolute Gasteiger partial charge is 0.0444 e. The Labute approximate surface area is 170 Å². The quantitative estimate of drug-likeness (QED) is 0.240. The van der Waals surface area contributed by atoms with Crippen LogP contribution in [0.4, 0.5) is 11.4 Å². The number of anilines is 1. The van der Waals surface area contributed by atoms with Crippen LogP contribution in [0.3, 0.4) is 0 Å². The molecule has 2 aromatic rings. The summed E-state index contributed by atoms with van der Waals surface area (Å²) < 4.78 is 0. The van der Waals surface area contributed by atoms with Gasteiger partial charge in [0.15, 0.2) is 0 Å². The van der Waals surface area contributed by atoms with Gasteiger partial charge in [-0.2, -0.15) is 0 Å². The van der Waals surface area contributed by atoms with E-state index in [1.807, 2.05) is 18.2 Å². The molecule has 0 heterocycles. The largest absolute Gasteiger partial charge is 0.398 e. The fourth-order valence-electron chi connectivity index (χ4n) is 3.28. The van der Waals surface area contributed by atoms with E-state index in [2.05, 4.69) is 83.6 Å². The molecule has 0 unspecified atom stereocenters. The summed E-state index contributed by atoms with van der Waals surface area (Å²) in [6.07, 6.45) is 0. The van der Waals surface area contributed by atoms with E-state index in [1.54, 1.807) is 0 Å². The topological polar surface area (TPSA) is 74.8 Å². The predicted octanol–water partition coefficient (Wildman–Crippen LogP) is 8.39. The monoisotopic (exact) mass is 380 g/mol. The van der Waals surface area contributed by atoms with Gasteiger partial charge in [0.05, 0.1) is 0 Å². The molecule has 0 aliphatic heterocycles. The average Bonchev–Trinajstić information content (AvgIpc) is 2.62. The van der Waals surface area contributed by atoms with Crippen molar-refractivity contribution in [2.45, 2.75) is 79.1 Å².